The summed E-state index contributed by atoms with van der Waals surface area (Å²) in [6, 6.07) is 0.0333. The molecule has 0 aromatic carbocycles. The molecular formula is C20H22N6O2S. The fourth-order valence-corrected chi connectivity index (χ4v) is 4.05. The van der Waals surface area contributed by atoms with E-state index in [1.165, 1.54) is 11.3 Å². The lowest BCUT2D eigenvalue weighted by molar-refractivity contribution is 0.0964. The van der Waals surface area contributed by atoms with Crippen molar-refractivity contribution in [3.63, 3.8) is 0 Å². The molecule has 2 aliphatic rings. The molecule has 4 rings (SSSR count). The predicted molar refractivity (Wildman–Crippen MR) is 115 cm³/mol. The van der Waals surface area contributed by atoms with Gasteiger partial charge in [0, 0.05) is 25.5 Å². The van der Waals surface area contributed by atoms with Crippen molar-refractivity contribution in [2.75, 3.05) is 32.1 Å². The summed E-state index contributed by atoms with van der Waals surface area (Å²) in [7, 11) is 3.46. The van der Waals surface area contributed by atoms with Gasteiger partial charge in [0.2, 0.25) is 5.95 Å². The highest BCUT2D eigenvalue weighted by Crippen LogP contribution is 2.27. The van der Waals surface area contributed by atoms with Crippen molar-refractivity contribution < 1.29 is 9.53 Å². The van der Waals surface area contributed by atoms with Crippen molar-refractivity contribution >= 4 is 33.4 Å². The highest BCUT2D eigenvalue weighted by molar-refractivity contribution is 7.17. The monoisotopic (exact) mass is 410 g/mol. The molecule has 1 aliphatic heterocycles. The van der Waals surface area contributed by atoms with Gasteiger partial charge in [-0.05, 0) is 30.0 Å². The topological polar surface area (TPSA) is 105 Å². The lowest BCUT2D eigenvalue weighted by Crippen LogP contribution is -2.32. The molecule has 0 fully saturated rings. The number of rotatable bonds is 6. The maximum atomic E-state index is 13.0. The van der Waals surface area contributed by atoms with E-state index in [1.807, 2.05) is 42.5 Å². The van der Waals surface area contributed by atoms with E-state index < -0.39 is 0 Å². The van der Waals surface area contributed by atoms with E-state index in [0.717, 1.165) is 10.3 Å². The Morgan fingerprint density at radius 2 is 2.34 bits per heavy atom. The number of ether oxygens (including phenoxy) is 1. The summed E-state index contributed by atoms with van der Waals surface area (Å²) in [6.45, 7) is 1.13. The van der Waals surface area contributed by atoms with Gasteiger partial charge < -0.3 is 26.0 Å². The summed E-state index contributed by atoms with van der Waals surface area (Å²) in [4.78, 5) is 23.9. The number of anilines is 1. The minimum atomic E-state index is -0.241. The van der Waals surface area contributed by atoms with Crippen molar-refractivity contribution in [1.82, 2.24) is 20.6 Å². The zero-order chi connectivity index (χ0) is 20.4. The summed E-state index contributed by atoms with van der Waals surface area (Å²) in [5.41, 5.74) is 8.41. The maximum Gasteiger partial charge on any atom is 0.258 e. The summed E-state index contributed by atoms with van der Waals surface area (Å²) in [5, 5.41) is 8.02. The van der Waals surface area contributed by atoms with Crippen LogP contribution in [0.15, 0.2) is 59.1 Å². The normalized spacial score (nSPS) is 17.6. The van der Waals surface area contributed by atoms with Crippen molar-refractivity contribution in [2.45, 2.75) is 6.04 Å². The number of hydrogen-bond acceptors (Lipinski definition) is 8. The smallest absolute Gasteiger partial charge is 0.258 e. The number of amides is 1. The van der Waals surface area contributed by atoms with E-state index in [-0.39, 0.29) is 11.9 Å². The largest absolute Gasteiger partial charge is 0.495 e. The standard InChI is InChI=1S/C20H22N6O2S/c1-26(7-5-21)20-23-10-17-18(25-20)13(11-29-17)19(27)24-15-8-12-4-3-6-22-14(12)9-16(15)28-2/h3-4,6,8-11,14,22H,5,7,21H2,1-2H3,(H,24,27). The fourth-order valence-electron chi connectivity index (χ4n) is 3.20. The molecule has 29 heavy (non-hydrogen) atoms. The van der Waals surface area contributed by atoms with Gasteiger partial charge >= 0.3 is 0 Å². The second-order valence-electron chi connectivity index (χ2n) is 6.66. The molecule has 8 nitrogen and oxygen atoms in total. The maximum absolute atomic E-state index is 13.0. The molecular weight excluding hydrogens is 388 g/mol. The van der Waals surface area contributed by atoms with Crippen LogP contribution < -0.4 is 21.3 Å². The van der Waals surface area contributed by atoms with Crippen LogP contribution in [-0.2, 0) is 4.74 Å². The molecule has 1 atom stereocenters. The predicted octanol–water partition coefficient (Wildman–Crippen LogP) is 1.66. The van der Waals surface area contributed by atoms with E-state index >= 15 is 0 Å². The summed E-state index contributed by atoms with van der Waals surface area (Å²) < 4.78 is 6.33. The highest BCUT2D eigenvalue weighted by Gasteiger charge is 2.24. The third-order valence-corrected chi connectivity index (χ3v) is 5.64. The van der Waals surface area contributed by atoms with E-state index in [0.29, 0.717) is 41.6 Å². The van der Waals surface area contributed by atoms with Crippen LogP contribution in [0.2, 0.25) is 0 Å². The first-order valence-electron chi connectivity index (χ1n) is 9.18. The third kappa shape index (κ3) is 3.74. The summed E-state index contributed by atoms with van der Waals surface area (Å²) >= 11 is 1.44. The Kier molecular flexibility index (Phi) is 5.32. The number of methoxy groups -OCH3 is 1. The summed E-state index contributed by atoms with van der Waals surface area (Å²) in [5.74, 6) is 0.911. The first kappa shape index (κ1) is 19.2. The molecule has 0 saturated carbocycles. The van der Waals surface area contributed by atoms with Gasteiger partial charge in [0.25, 0.3) is 5.91 Å². The van der Waals surface area contributed by atoms with Gasteiger partial charge in [0.1, 0.15) is 5.76 Å². The lowest BCUT2D eigenvalue weighted by Gasteiger charge is -2.25. The third-order valence-electron chi connectivity index (χ3n) is 4.73. The minimum absolute atomic E-state index is 0.0333. The van der Waals surface area contributed by atoms with Crippen LogP contribution in [0, 0.1) is 0 Å². The van der Waals surface area contributed by atoms with Crippen LogP contribution in [0.25, 0.3) is 10.2 Å². The van der Waals surface area contributed by atoms with Crippen LogP contribution >= 0.6 is 11.3 Å². The van der Waals surface area contributed by atoms with E-state index in [4.69, 9.17) is 10.5 Å². The SMILES string of the molecule is COC1=CC2NC=CC=C2C=C1NC(=O)c1csc2cnc(N(C)CCN)nc12. The molecule has 3 heterocycles. The molecule has 1 amide bonds. The number of aromatic nitrogens is 2. The van der Waals surface area contributed by atoms with Gasteiger partial charge in [0.05, 0.1) is 40.8 Å². The van der Waals surface area contributed by atoms with Gasteiger partial charge in [-0.3, -0.25) is 4.79 Å². The van der Waals surface area contributed by atoms with Crippen LogP contribution in [0.1, 0.15) is 10.4 Å². The van der Waals surface area contributed by atoms with Crippen LogP contribution in [0.3, 0.4) is 0 Å². The Hall–Kier alpha value is -3.17. The Morgan fingerprint density at radius 1 is 1.48 bits per heavy atom. The average molecular weight is 411 g/mol. The summed E-state index contributed by atoms with van der Waals surface area (Å²) in [6.07, 6.45) is 11.4. The molecule has 2 aromatic heterocycles. The molecule has 0 saturated heterocycles. The number of thiophene rings is 1. The van der Waals surface area contributed by atoms with Crippen molar-refractivity contribution in [3.8, 4) is 0 Å². The number of dihydropyridines is 1. The zero-order valence-corrected chi connectivity index (χ0v) is 17.0. The molecule has 2 aromatic rings. The minimum Gasteiger partial charge on any atom is -0.495 e. The molecule has 0 bridgehead atoms. The van der Waals surface area contributed by atoms with Crippen molar-refractivity contribution in [1.29, 1.82) is 0 Å². The number of nitrogens with one attached hydrogen (secondary N) is 2. The first-order chi connectivity index (χ1) is 14.1. The molecule has 9 heteroatoms. The highest BCUT2D eigenvalue weighted by atomic mass is 32.1. The van der Waals surface area contributed by atoms with Gasteiger partial charge in [-0.25, -0.2) is 9.97 Å². The number of nitrogens with two attached hydrogens (primary N) is 1. The molecule has 4 N–H and O–H groups in total. The first-order valence-corrected chi connectivity index (χ1v) is 10.1. The number of fused-ring (bicyclic) bond motifs is 2. The fraction of sp³-hybridized carbons (Fsp3) is 0.250. The second kappa shape index (κ2) is 8.06. The molecule has 1 aliphatic carbocycles. The van der Waals surface area contributed by atoms with Crippen LogP contribution in [0.5, 0.6) is 0 Å². The van der Waals surface area contributed by atoms with Crippen molar-refractivity contribution in [3.05, 3.63) is 64.7 Å². The van der Waals surface area contributed by atoms with E-state index in [2.05, 4.69) is 20.6 Å². The number of likely N-dealkylation sites (N-methyl/N-ethyl adjacent to an activating group) is 1. The molecule has 0 radical (unpaired) electrons. The van der Waals surface area contributed by atoms with Gasteiger partial charge in [-0.1, -0.05) is 6.08 Å². The Bertz CT molecular complexity index is 1070. The van der Waals surface area contributed by atoms with E-state index in [1.54, 1.807) is 18.7 Å². The molecule has 150 valence electrons. The van der Waals surface area contributed by atoms with Gasteiger partial charge in [-0.2, -0.15) is 0 Å². The lowest BCUT2D eigenvalue weighted by atomic mass is 9.97. The number of hydrogen-bond donors (Lipinski definition) is 3. The average Bonchev–Trinajstić information content (AvgIpc) is 3.16. The quantitative estimate of drug-likeness (QED) is 0.665. The number of nitrogens with zero attached hydrogens (tertiary/aromatic N) is 3. The van der Waals surface area contributed by atoms with Gasteiger partial charge in [0.15, 0.2) is 0 Å². The van der Waals surface area contributed by atoms with E-state index in [9.17, 15) is 4.79 Å². The Morgan fingerprint density at radius 3 is 3.14 bits per heavy atom. The number of allylic oxidation sites excluding steroid dienone is 2. The van der Waals surface area contributed by atoms with Crippen LogP contribution in [-0.4, -0.2) is 49.2 Å². The molecule has 1 unspecified atom stereocenters. The Labute approximate surface area is 172 Å². The zero-order valence-electron chi connectivity index (χ0n) is 16.2. The second-order valence-corrected chi connectivity index (χ2v) is 7.57. The molecule has 0 spiro atoms. The van der Waals surface area contributed by atoms with Gasteiger partial charge in [-0.15, -0.1) is 11.3 Å². The number of carbonyl (C=O) groups is 1. The number of carbonyl (C=O) groups excluding carboxylic acids is 1. The van der Waals surface area contributed by atoms with Crippen LogP contribution in [0.4, 0.5) is 5.95 Å². The Balaban J connectivity index is 1.63. The van der Waals surface area contributed by atoms with Crippen molar-refractivity contribution in [2.24, 2.45) is 5.73 Å².